The molecule has 2 aromatic rings. The molecule has 1 N–H and O–H groups in total. The minimum atomic E-state index is 0.508. The third kappa shape index (κ3) is 1.76. The largest absolute Gasteiger partial charge is 0.313 e. The SMILES string of the molecule is CNC1CCc2ccc(-c3ccn(C)n3)cc21. The average molecular weight is 227 g/mol. The van der Waals surface area contributed by atoms with Gasteiger partial charge in [-0.1, -0.05) is 12.1 Å². The summed E-state index contributed by atoms with van der Waals surface area (Å²) in [4.78, 5) is 0. The summed E-state index contributed by atoms with van der Waals surface area (Å²) in [5.74, 6) is 0. The lowest BCUT2D eigenvalue weighted by Gasteiger charge is -2.10. The standard InChI is InChI=1S/C14H17N3/c1-15-14-6-5-10-3-4-11(9-12(10)14)13-7-8-17(2)16-13/h3-4,7-9,14-15H,5-6H2,1-2H3. The minimum absolute atomic E-state index is 0.508. The summed E-state index contributed by atoms with van der Waals surface area (Å²) in [7, 11) is 3.99. The van der Waals surface area contributed by atoms with Crippen molar-refractivity contribution < 1.29 is 0 Å². The van der Waals surface area contributed by atoms with Gasteiger partial charge in [0.1, 0.15) is 0 Å². The van der Waals surface area contributed by atoms with E-state index in [1.165, 1.54) is 29.5 Å². The molecule has 1 aromatic carbocycles. The Hall–Kier alpha value is -1.61. The second kappa shape index (κ2) is 4.00. The van der Waals surface area contributed by atoms with Gasteiger partial charge in [0.05, 0.1) is 5.69 Å². The van der Waals surface area contributed by atoms with Gasteiger partial charge in [0.2, 0.25) is 0 Å². The Morgan fingerprint density at radius 2 is 2.24 bits per heavy atom. The number of nitrogens with zero attached hydrogens (tertiary/aromatic N) is 2. The first-order chi connectivity index (χ1) is 8.28. The number of rotatable bonds is 2. The van der Waals surface area contributed by atoms with E-state index in [-0.39, 0.29) is 0 Å². The van der Waals surface area contributed by atoms with Crippen molar-refractivity contribution in [1.29, 1.82) is 0 Å². The van der Waals surface area contributed by atoms with Crippen LogP contribution < -0.4 is 5.32 Å². The van der Waals surface area contributed by atoms with Gasteiger partial charge in [-0.05, 0) is 43.1 Å². The summed E-state index contributed by atoms with van der Waals surface area (Å²) in [6.07, 6.45) is 4.37. The van der Waals surface area contributed by atoms with Crippen molar-refractivity contribution in [3.05, 3.63) is 41.6 Å². The van der Waals surface area contributed by atoms with Crippen LogP contribution in [0.15, 0.2) is 30.5 Å². The number of aryl methyl sites for hydroxylation is 2. The Balaban J connectivity index is 2.03. The van der Waals surface area contributed by atoms with E-state index in [1.807, 2.05) is 25.0 Å². The molecule has 1 aromatic heterocycles. The first-order valence-corrected chi connectivity index (χ1v) is 6.08. The summed E-state index contributed by atoms with van der Waals surface area (Å²) in [5.41, 5.74) is 5.18. The first-order valence-electron chi connectivity index (χ1n) is 6.08. The fourth-order valence-electron chi connectivity index (χ4n) is 2.63. The fraction of sp³-hybridized carbons (Fsp3) is 0.357. The number of benzene rings is 1. The van der Waals surface area contributed by atoms with Gasteiger partial charge in [0.15, 0.2) is 0 Å². The fourth-order valence-corrected chi connectivity index (χ4v) is 2.63. The van der Waals surface area contributed by atoms with E-state index in [0.29, 0.717) is 6.04 Å². The summed E-state index contributed by atoms with van der Waals surface area (Å²) in [6, 6.07) is 9.28. The van der Waals surface area contributed by atoms with Crippen LogP contribution in [0.5, 0.6) is 0 Å². The zero-order valence-electron chi connectivity index (χ0n) is 10.3. The predicted molar refractivity (Wildman–Crippen MR) is 68.8 cm³/mol. The third-order valence-corrected chi connectivity index (χ3v) is 3.58. The van der Waals surface area contributed by atoms with Crippen LogP contribution in [0.1, 0.15) is 23.6 Å². The van der Waals surface area contributed by atoms with Gasteiger partial charge in [-0.15, -0.1) is 0 Å². The van der Waals surface area contributed by atoms with Crippen LogP contribution in [-0.2, 0) is 13.5 Å². The van der Waals surface area contributed by atoms with Gasteiger partial charge in [-0.3, -0.25) is 4.68 Å². The Bertz CT molecular complexity index is 542. The minimum Gasteiger partial charge on any atom is -0.313 e. The molecule has 17 heavy (non-hydrogen) atoms. The van der Waals surface area contributed by atoms with E-state index in [0.717, 1.165) is 5.69 Å². The van der Waals surface area contributed by atoms with Crippen molar-refractivity contribution in [2.75, 3.05) is 7.05 Å². The van der Waals surface area contributed by atoms with Gasteiger partial charge in [0, 0.05) is 24.8 Å². The molecule has 1 heterocycles. The van der Waals surface area contributed by atoms with Crippen molar-refractivity contribution in [2.24, 2.45) is 7.05 Å². The van der Waals surface area contributed by atoms with Crippen molar-refractivity contribution >= 4 is 0 Å². The van der Waals surface area contributed by atoms with Crippen molar-refractivity contribution in [3.8, 4) is 11.3 Å². The normalized spacial score (nSPS) is 18.4. The molecule has 0 radical (unpaired) electrons. The Morgan fingerprint density at radius 3 is 2.94 bits per heavy atom. The number of hydrogen-bond acceptors (Lipinski definition) is 2. The smallest absolute Gasteiger partial charge is 0.0923 e. The zero-order chi connectivity index (χ0) is 11.8. The van der Waals surface area contributed by atoms with Gasteiger partial charge in [-0.2, -0.15) is 5.10 Å². The lowest BCUT2D eigenvalue weighted by atomic mass is 10.0. The van der Waals surface area contributed by atoms with E-state index < -0.39 is 0 Å². The highest BCUT2D eigenvalue weighted by molar-refractivity contribution is 5.61. The predicted octanol–water partition coefficient (Wildman–Crippen LogP) is 2.29. The number of fused-ring (bicyclic) bond motifs is 1. The molecule has 1 atom stereocenters. The average Bonchev–Trinajstić information content (AvgIpc) is 2.94. The van der Waals surface area contributed by atoms with Crippen molar-refractivity contribution in [3.63, 3.8) is 0 Å². The lowest BCUT2D eigenvalue weighted by molar-refractivity contribution is 0.590. The van der Waals surface area contributed by atoms with E-state index in [1.54, 1.807) is 0 Å². The summed E-state index contributed by atoms with van der Waals surface area (Å²) in [5, 5.41) is 7.83. The molecule has 1 aliphatic carbocycles. The third-order valence-electron chi connectivity index (χ3n) is 3.58. The first kappa shape index (κ1) is 10.5. The van der Waals surface area contributed by atoms with Crippen LogP contribution in [0.2, 0.25) is 0 Å². The number of aromatic nitrogens is 2. The summed E-state index contributed by atoms with van der Waals surface area (Å²) < 4.78 is 1.85. The number of nitrogens with one attached hydrogen (secondary N) is 1. The van der Waals surface area contributed by atoms with E-state index in [4.69, 9.17) is 0 Å². The van der Waals surface area contributed by atoms with E-state index >= 15 is 0 Å². The zero-order valence-corrected chi connectivity index (χ0v) is 10.3. The topological polar surface area (TPSA) is 29.9 Å². The molecular weight excluding hydrogens is 210 g/mol. The molecule has 3 rings (SSSR count). The highest BCUT2D eigenvalue weighted by atomic mass is 15.2. The summed E-state index contributed by atoms with van der Waals surface area (Å²) >= 11 is 0. The van der Waals surface area contributed by atoms with Gasteiger partial charge >= 0.3 is 0 Å². The maximum Gasteiger partial charge on any atom is 0.0923 e. The lowest BCUT2D eigenvalue weighted by Crippen LogP contribution is -2.12. The highest BCUT2D eigenvalue weighted by Gasteiger charge is 2.21. The number of hydrogen-bond donors (Lipinski definition) is 1. The van der Waals surface area contributed by atoms with Crippen LogP contribution in [0.3, 0.4) is 0 Å². The molecule has 0 amide bonds. The van der Waals surface area contributed by atoms with Crippen LogP contribution in [0, 0.1) is 0 Å². The molecule has 0 saturated heterocycles. The molecule has 0 spiro atoms. The van der Waals surface area contributed by atoms with Crippen molar-refractivity contribution in [2.45, 2.75) is 18.9 Å². The van der Waals surface area contributed by atoms with Crippen LogP contribution in [0.25, 0.3) is 11.3 Å². The maximum atomic E-state index is 4.45. The van der Waals surface area contributed by atoms with Crippen molar-refractivity contribution in [1.82, 2.24) is 15.1 Å². The van der Waals surface area contributed by atoms with Crippen LogP contribution in [-0.4, -0.2) is 16.8 Å². The molecule has 3 heteroatoms. The van der Waals surface area contributed by atoms with Crippen LogP contribution in [0.4, 0.5) is 0 Å². The van der Waals surface area contributed by atoms with Gasteiger partial charge < -0.3 is 5.32 Å². The van der Waals surface area contributed by atoms with Gasteiger partial charge in [-0.25, -0.2) is 0 Å². The second-order valence-electron chi connectivity index (χ2n) is 4.67. The molecule has 0 fully saturated rings. The Morgan fingerprint density at radius 1 is 1.35 bits per heavy atom. The quantitative estimate of drug-likeness (QED) is 0.853. The molecule has 1 aliphatic rings. The second-order valence-corrected chi connectivity index (χ2v) is 4.67. The molecule has 88 valence electrons. The molecule has 0 saturated carbocycles. The van der Waals surface area contributed by atoms with Gasteiger partial charge in [0.25, 0.3) is 0 Å². The highest BCUT2D eigenvalue weighted by Crippen LogP contribution is 2.33. The maximum absolute atomic E-state index is 4.45. The Labute approximate surface area is 101 Å². The summed E-state index contributed by atoms with van der Waals surface area (Å²) in [6.45, 7) is 0. The van der Waals surface area contributed by atoms with E-state index in [2.05, 4.69) is 34.7 Å². The monoisotopic (exact) mass is 227 g/mol. The molecule has 3 nitrogen and oxygen atoms in total. The molecule has 1 unspecified atom stereocenters. The molecular formula is C14H17N3. The van der Waals surface area contributed by atoms with Crippen LogP contribution >= 0.6 is 0 Å². The Kier molecular flexibility index (Phi) is 2.48. The van der Waals surface area contributed by atoms with E-state index in [9.17, 15) is 0 Å². The molecule has 0 aliphatic heterocycles. The molecule has 0 bridgehead atoms.